The number of hydrogen-bond donors (Lipinski definition) is 1. The van der Waals surface area contributed by atoms with Gasteiger partial charge in [-0.1, -0.05) is 6.92 Å². The molecule has 0 saturated carbocycles. The molecule has 1 amide bonds. The molecule has 0 aliphatic heterocycles. The van der Waals surface area contributed by atoms with Crippen LogP contribution in [0.3, 0.4) is 0 Å². The van der Waals surface area contributed by atoms with Crippen molar-refractivity contribution in [3.63, 3.8) is 0 Å². The van der Waals surface area contributed by atoms with Crippen LogP contribution in [0.25, 0.3) is 0 Å². The topological polar surface area (TPSA) is 52.3 Å². The molecular weight excluding hydrogens is 142 g/mol. The van der Waals surface area contributed by atoms with E-state index >= 15 is 0 Å². The SMILES string of the molecule is CCCOC(C(N)=O)=C(C)C. The van der Waals surface area contributed by atoms with Crippen LogP contribution >= 0.6 is 0 Å². The molecule has 2 N–H and O–H groups in total. The van der Waals surface area contributed by atoms with Crippen molar-refractivity contribution in [1.82, 2.24) is 0 Å². The van der Waals surface area contributed by atoms with E-state index in [2.05, 4.69) is 0 Å². The van der Waals surface area contributed by atoms with E-state index in [1.807, 2.05) is 6.92 Å². The first-order valence-electron chi connectivity index (χ1n) is 3.69. The van der Waals surface area contributed by atoms with Crippen molar-refractivity contribution in [1.29, 1.82) is 0 Å². The highest BCUT2D eigenvalue weighted by Crippen LogP contribution is 2.04. The zero-order chi connectivity index (χ0) is 8.85. The Morgan fingerprint density at radius 2 is 2.00 bits per heavy atom. The molecule has 0 spiro atoms. The van der Waals surface area contributed by atoms with Crippen LogP contribution in [-0.4, -0.2) is 12.5 Å². The summed E-state index contributed by atoms with van der Waals surface area (Å²) in [6, 6.07) is 0. The van der Waals surface area contributed by atoms with Crippen molar-refractivity contribution in [2.45, 2.75) is 27.2 Å². The molecule has 3 nitrogen and oxygen atoms in total. The van der Waals surface area contributed by atoms with E-state index in [4.69, 9.17) is 10.5 Å². The fourth-order valence-corrected chi connectivity index (χ4v) is 0.666. The van der Waals surface area contributed by atoms with E-state index in [9.17, 15) is 4.79 Å². The van der Waals surface area contributed by atoms with Crippen LogP contribution in [0, 0.1) is 0 Å². The van der Waals surface area contributed by atoms with Gasteiger partial charge in [0.25, 0.3) is 5.91 Å². The number of carbonyl (C=O) groups excluding carboxylic acids is 1. The molecule has 0 aliphatic carbocycles. The number of hydrogen-bond acceptors (Lipinski definition) is 2. The van der Waals surface area contributed by atoms with Gasteiger partial charge in [0.1, 0.15) is 0 Å². The minimum Gasteiger partial charge on any atom is -0.488 e. The smallest absolute Gasteiger partial charge is 0.283 e. The number of carbonyl (C=O) groups is 1. The van der Waals surface area contributed by atoms with Crippen LogP contribution in [0.15, 0.2) is 11.3 Å². The molecule has 0 saturated heterocycles. The standard InChI is InChI=1S/C8H15NO2/c1-4-5-11-7(6(2)3)8(9)10/h4-5H2,1-3H3,(H2,9,10). The monoisotopic (exact) mass is 157 g/mol. The fourth-order valence-electron chi connectivity index (χ4n) is 0.666. The number of rotatable bonds is 4. The third-order valence-corrected chi connectivity index (χ3v) is 1.13. The predicted octanol–water partition coefficient (Wildman–Crippen LogP) is 1.19. The summed E-state index contributed by atoms with van der Waals surface area (Å²) in [6.45, 7) is 6.12. The second-order valence-corrected chi connectivity index (χ2v) is 2.54. The first kappa shape index (κ1) is 10.0. The molecule has 0 bridgehead atoms. The lowest BCUT2D eigenvalue weighted by Crippen LogP contribution is -2.17. The molecule has 0 unspecified atom stereocenters. The van der Waals surface area contributed by atoms with Crippen molar-refractivity contribution in [2.75, 3.05) is 6.61 Å². The molecule has 0 atom stereocenters. The van der Waals surface area contributed by atoms with Crippen LogP contribution in [0.4, 0.5) is 0 Å². The largest absolute Gasteiger partial charge is 0.488 e. The Kier molecular flexibility index (Phi) is 4.34. The number of ether oxygens (including phenoxy) is 1. The van der Waals surface area contributed by atoms with E-state index in [1.165, 1.54) is 0 Å². The van der Waals surface area contributed by atoms with Gasteiger partial charge < -0.3 is 10.5 Å². The summed E-state index contributed by atoms with van der Waals surface area (Å²) < 4.78 is 5.12. The summed E-state index contributed by atoms with van der Waals surface area (Å²) in [5.74, 6) is -0.190. The highest BCUT2D eigenvalue weighted by atomic mass is 16.5. The quantitative estimate of drug-likeness (QED) is 0.492. The number of amides is 1. The highest BCUT2D eigenvalue weighted by molar-refractivity contribution is 5.90. The van der Waals surface area contributed by atoms with E-state index < -0.39 is 5.91 Å². The van der Waals surface area contributed by atoms with Gasteiger partial charge in [0, 0.05) is 0 Å². The molecule has 0 rings (SSSR count). The minimum absolute atomic E-state index is 0.298. The van der Waals surface area contributed by atoms with Crippen LogP contribution in [-0.2, 0) is 9.53 Å². The van der Waals surface area contributed by atoms with Gasteiger partial charge in [-0.05, 0) is 25.8 Å². The second-order valence-electron chi connectivity index (χ2n) is 2.54. The lowest BCUT2D eigenvalue weighted by atomic mass is 10.3. The van der Waals surface area contributed by atoms with Gasteiger partial charge >= 0.3 is 0 Å². The average Bonchev–Trinajstić information content (AvgIpc) is 1.87. The molecule has 0 aliphatic rings. The lowest BCUT2D eigenvalue weighted by Gasteiger charge is -2.06. The van der Waals surface area contributed by atoms with Gasteiger partial charge in [-0.3, -0.25) is 4.79 Å². The molecule has 3 heteroatoms. The number of nitrogens with two attached hydrogens (primary N) is 1. The van der Waals surface area contributed by atoms with Crippen LogP contribution < -0.4 is 5.73 Å². The first-order chi connectivity index (χ1) is 5.09. The Bertz CT molecular complexity index is 169. The van der Waals surface area contributed by atoms with Crippen molar-refractivity contribution in [3.8, 4) is 0 Å². The van der Waals surface area contributed by atoms with Crippen molar-refractivity contribution in [3.05, 3.63) is 11.3 Å². The molecule has 0 aromatic carbocycles. The van der Waals surface area contributed by atoms with Gasteiger partial charge in [-0.15, -0.1) is 0 Å². The normalized spacial score (nSPS) is 9.00. The number of primary amides is 1. The summed E-state index contributed by atoms with van der Waals surface area (Å²) in [6.07, 6.45) is 0.879. The van der Waals surface area contributed by atoms with E-state index in [-0.39, 0.29) is 0 Å². The molecule has 0 radical (unpaired) electrons. The Labute approximate surface area is 67.2 Å². The van der Waals surface area contributed by atoms with Crippen molar-refractivity contribution in [2.24, 2.45) is 5.73 Å². The van der Waals surface area contributed by atoms with Crippen molar-refractivity contribution < 1.29 is 9.53 Å². The van der Waals surface area contributed by atoms with Gasteiger partial charge in [0.2, 0.25) is 0 Å². The van der Waals surface area contributed by atoms with Crippen LogP contribution in [0.1, 0.15) is 27.2 Å². The minimum atomic E-state index is -0.488. The second kappa shape index (κ2) is 4.77. The van der Waals surface area contributed by atoms with Crippen LogP contribution in [0.5, 0.6) is 0 Å². The van der Waals surface area contributed by atoms with Crippen LogP contribution in [0.2, 0.25) is 0 Å². The van der Waals surface area contributed by atoms with Gasteiger partial charge in [-0.2, -0.15) is 0 Å². The molecule has 0 heterocycles. The molecule has 0 aromatic heterocycles. The van der Waals surface area contributed by atoms with Gasteiger partial charge in [0.15, 0.2) is 5.76 Å². The maximum atomic E-state index is 10.7. The molecule has 11 heavy (non-hydrogen) atoms. The Hall–Kier alpha value is -0.990. The zero-order valence-corrected chi connectivity index (χ0v) is 7.31. The summed E-state index contributed by atoms with van der Waals surface area (Å²) >= 11 is 0. The van der Waals surface area contributed by atoms with E-state index in [0.717, 1.165) is 12.0 Å². The molecular formula is C8H15NO2. The summed E-state index contributed by atoms with van der Waals surface area (Å²) in [5, 5.41) is 0. The maximum absolute atomic E-state index is 10.7. The Morgan fingerprint density at radius 3 is 2.27 bits per heavy atom. The third kappa shape index (κ3) is 3.65. The maximum Gasteiger partial charge on any atom is 0.283 e. The fraction of sp³-hybridized carbons (Fsp3) is 0.625. The first-order valence-corrected chi connectivity index (χ1v) is 3.69. The summed E-state index contributed by atoms with van der Waals surface area (Å²) in [5.41, 5.74) is 5.88. The predicted molar refractivity (Wildman–Crippen MR) is 43.8 cm³/mol. The summed E-state index contributed by atoms with van der Waals surface area (Å²) in [7, 11) is 0. The highest BCUT2D eigenvalue weighted by Gasteiger charge is 2.06. The van der Waals surface area contributed by atoms with Gasteiger partial charge in [-0.25, -0.2) is 0 Å². The van der Waals surface area contributed by atoms with Gasteiger partial charge in [0.05, 0.1) is 6.61 Å². The molecule has 0 aromatic rings. The zero-order valence-electron chi connectivity index (χ0n) is 7.31. The summed E-state index contributed by atoms with van der Waals surface area (Å²) in [4.78, 5) is 10.7. The Balaban J connectivity index is 4.14. The average molecular weight is 157 g/mol. The lowest BCUT2D eigenvalue weighted by molar-refractivity contribution is -0.118. The third-order valence-electron chi connectivity index (χ3n) is 1.13. The van der Waals surface area contributed by atoms with E-state index in [1.54, 1.807) is 13.8 Å². The van der Waals surface area contributed by atoms with E-state index in [0.29, 0.717) is 12.4 Å². The molecule has 0 fully saturated rings. The van der Waals surface area contributed by atoms with Crippen molar-refractivity contribution >= 4 is 5.91 Å². The number of allylic oxidation sites excluding steroid dienone is 1. The molecule has 64 valence electrons. The Morgan fingerprint density at radius 1 is 1.45 bits per heavy atom.